The molecule has 8 heavy (non-hydrogen) atoms. The molecular weight excluding hydrogens is 106 g/mol. The molecule has 0 bridgehead atoms. The maximum atomic E-state index is 9.65. The summed E-state index contributed by atoms with van der Waals surface area (Å²) in [6.07, 6.45) is 0.951. The Morgan fingerprint density at radius 3 is 2.50 bits per heavy atom. The Balaban J connectivity index is 3.78. The van der Waals surface area contributed by atoms with Gasteiger partial charge in [-0.25, -0.2) is 0 Å². The van der Waals surface area contributed by atoms with Crippen molar-refractivity contribution in [2.75, 3.05) is 0 Å². The van der Waals surface area contributed by atoms with E-state index in [4.69, 9.17) is 10.8 Å². The Kier molecular flexibility index (Phi) is 2.88. The highest BCUT2D eigenvalue weighted by Crippen LogP contribution is 1.88. The van der Waals surface area contributed by atoms with Crippen LogP contribution in [0.15, 0.2) is 11.8 Å². The van der Waals surface area contributed by atoms with Gasteiger partial charge < -0.3 is 10.8 Å². The topological polar surface area (TPSA) is 63.3 Å². The molecule has 3 N–H and O–H groups in total. The first kappa shape index (κ1) is 7.17. The van der Waals surface area contributed by atoms with Crippen LogP contribution in [0.3, 0.4) is 0 Å². The number of aliphatic hydroxyl groups is 1. The van der Waals surface area contributed by atoms with Crippen LogP contribution < -0.4 is 5.73 Å². The van der Waals surface area contributed by atoms with Crippen LogP contribution in [0.1, 0.15) is 6.92 Å². The predicted molar refractivity (Wildman–Crippen MR) is 30.0 cm³/mol. The molecule has 0 aliphatic rings. The number of aldehydes is 1. The molecule has 46 valence electrons. The second-order valence-corrected chi connectivity index (χ2v) is 1.48. The van der Waals surface area contributed by atoms with Gasteiger partial charge in [-0.3, -0.25) is 4.79 Å². The summed E-state index contributed by atoms with van der Waals surface area (Å²) in [7, 11) is 0. The van der Waals surface area contributed by atoms with E-state index in [0.29, 0.717) is 6.29 Å². The van der Waals surface area contributed by atoms with Gasteiger partial charge >= 0.3 is 0 Å². The van der Waals surface area contributed by atoms with Gasteiger partial charge in [0.2, 0.25) is 0 Å². The number of carbonyl (C=O) groups is 1. The number of hydrogen-bond donors (Lipinski definition) is 2. The van der Waals surface area contributed by atoms with Crippen molar-refractivity contribution < 1.29 is 9.90 Å². The van der Waals surface area contributed by atoms with Crippen molar-refractivity contribution in [3.8, 4) is 0 Å². The molecule has 3 nitrogen and oxygen atoms in total. The molecule has 0 radical (unpaired) electrons. The minimum absolute atomic E-state index is 0.194. The largest absolute Gasteiger partial charge is 0.400 e. The van der Waals surface area contributed by atoms with Gasteiger partial charge in [0, 0.05) is 5.70 Å². The van der Waals surface area contributed by atoms with Gasteiger partial charge in [-0.15, -0.1) is 0 Å². The third-order valence-electron chi connectivity index (χ3n) is 0.743. The zero-order chi connectivity index (χ0) is 6.57. The quantitative estimate of drug-likeness (QED) is 0.373. The van der Waals surface area contributed by atoms with Crippen LogP contribution in [0.25, 0.3) is 0 Å². The molecule has 0 aromatic rings. The minimum atomic E-state index is -0.722. The molecule has 0 rings (SSSR count). The minimum Gasteiger partial charge on any atom is -0.400 e. The number of aliphatic hydroxyl groups excluding tert-OH is 1. The number of hydrogen-bond acceptors (Lipinski definition) is 3. The fourth-order valence-electron chi connectivity index (χ4n) is 0.218. The average Bonchev–Trinajstić information content (AvgIpc) is 1.67. The number of rotatable bonds is 2. The SMILES string of the molecule is CC(O)C(N)=CC=O. The van der Waals surface area contributed by atoms with E-state index in [-0.39, 0.29) is 5.70 Å². The maximum absolute atomic E-state index is 9.65. The van der Waals surface area contributed by atoms with Crippen molar-refractivity contribution in [2.45, 2.75) is 13.0 Å². The summed E-state index contributed by atoms with van der Waals surface area (Å²) in [6.45, 7) is 1.50. The fraction of sp³-hybridized carbons (Fsp3) is 0.400. The number of nitrogens with two attached hydrogens (primary N) is 1. The van der Waals surface area contributed by atoms with E-state index in [1.54, 1.807) is 0 Å². The summed E-state index contributed by atoms with van der Waals surface area (Å²) < 4.78 is 0. The molecular formula is C5H9NO2. The lowest BCUT2D eigenvalue weighted by atomic mass is 10.3. The molecule has 0 amide bonds. The van der Waals surface area contributed by atoms with Crippen LogP contribution >= 0.6 is 0 Å². The Bertz CT molecular complexity index is 107. The van der Waals surface area contributed by atoms with E-state index in [1.165, 1.54) is 6.92 Å². The summed E-state index contributed by atoms with van der Waals surface area (Å²) in [5, 5.41) is 8.60. The number of carbonyl (C=O) groups excluding carboxylic acids is 1. The lowest BCUT2D eigenvalue weighted by molar-refractivity contribution is -0.104. The van der Waals surface area contributed by atoms with Gasteiger partial charge in [-0.05, 0) is 13.0 Å². The highest BCUT2D eigenvalue weighted by atomic mass is 16.3. The molecule has 1 atom stereocenters. The number of allylic oxidation sites excluding steroid dienone is 1. The van der Waals surface area contributed by atoms with Crippen LogP contribution in [-0.4, -0.2) is 17.5 Å². The summed E-state index contributed by atoms with van der Waals surface area (Å²) in [6, 6.07) is 0. The van der Waals surface area contributed by atoms with Gasteiger partial charge in [-0.1, -0.05) is 0 Å². The highest BCUT2D eigenvalue weighted by molar-refractivity contribution is 5.66. The predicted octanol–water partition coefficient (Wildman–Crippen LogP) is -0.591. The molecule has 0 aromatic carbocycles. The average molecular weight is 115 g/mol. The summed E-state index contributed by atoms with van der Waals surface area (Å²) >= 11 is 0. The molecule has 0 aromatic heterocycles. The van der Waals surface area contributed by atoms with E-state index < -0.39 is 6.10 Å². The van der Waals surface area contributed by atoms with Crippen LogP contribution in [0.5, 0.6) is 0 Å². The first-order valence-corrected chi connectivity index (χ1v) is 2.27. The first-order chi connectivity index (χ1) is 3.68. The summed E-state index contributed by atoms with van der Waals surface area (Å²) in [4.78, 5) is 9.65. The maximum Gasteiger partial charge on any atom is 0.144 e. The fourth-order valence-corrected chi connectivity index (χ4v) is 0.218. The smallest absolute Gasteiger partial charge is 0.144 e. The molecule has 3 heteroatoms. The van der Waals surface area contributed by atoms with Gasteiger partial charge in [0.15, 0.2) is 0 Å². The van der Waals surface area contributed by atoms with Crippen LogP contribution in [0, 0.1) is 0 Å². The second-order valence-electron chi connectivity index (χ2n) is 1.48. The van der Waals surface area contributed by atoms with Crippen molar-refractivity contribution in [2.24, 2.45) is 5.73 Å². The molecule has 0 heterocycles. The Hall–Kier alpha value is -0.830. The Labute approximate surface area is 47.8 Å². The van der Waals surface area contributed by atoms with E-state index in [2.05, 4.69) is 0 Å². The van der Waals surface area contributed by atoms with E-state index in [1.807, 2.05) is 0 Å². The first-order valence-electron chi connectivity index (χ1n) is 2.27. The van der Waals surface area contributed by atoms with Gasteiger partial charge in [0.1, 0.15) is 6.29 Å². The van der Waals surface area contributed by atoms with E-state index in [9.17, 15) is 4.79 Å². The second kappa shape index (κ2) is 3.21. The zero-order valence-corrected chi connectivity index (χ0v) is 4.66. The van der Waals surface area contributed by atoms with Gasteiger partial charge in [-0.2, -0.15) is 0 Å². The molecule has 0 spiro atoms. The lowest BCUT2D eigenvalue weighted by Gasteiger charge is -1.99. The van der Waals surface area contributed by atoms with Crippen molar-refractivity contribution in [1.82, 2.24) is 0 Å². The van der Waals surface area contributed by atoms with Gasteiger partial charge in [0.25, 0.3) is 0 Å². The normalized spacial score (nSPS) is 15.5. The highest BCUT2D eigenvalue weighted by Gasteiger charge is 1.94. The Morgan fingerprint density at radius 2 is 2.38 bits per heavy atom. The van der Waals surface area contributed by atoms with E-state index in [0.717, 1.165) is 6.08 Å². The van der Waals surface area contributed by atoms with Crippen molar-refractivity contribution in [1.29, 1.82) is 0 Å². The van der Waals surface area contributed by atoms with Crippen molar-refractivity contribution in [3.05, 3.63) is 11.8 Å². The molecule has 0 saturated heterocycles. The summed E-state index contributed by atoms with van der Waals surface area (Å²) in [5.41, 5.74) is 5.30. The standard InChI is InChI=1S/C5H9NO2/c1-4(8)5(6)2-3-7/h2-4,8H,6H2,1H3. The molecule has 0 fully saturated rings. The monoisotopic (exact) mass is 115 g/mol. The van der Waals surface area contributed by atoms with E-state index >= 15 is 0 Å². The van der Waals surface area contributed by atoms with Crippen molar-refractivity contribution >= 4 is 6.29 Å². The molecule has 0 aliphatic carbocycles. The molecule has 1 unspecified atom stereocenters. The molecule has 0 saturated carbocycles. The summed E-state index contributed by atoms with van der Waals surface area (Å²) in [5.74, 6) is 0. The molecule has 0 aliphatic heterocycles. The third-order valence-corrected chi connectivity index (χ3v) is 0.743. The van der Waals surface area contributed by atoms with Crippen molar-refractivity contribution in [3.63, 3.8) is 0 Å². The third kappa shape index (κ3) is 2.36. The van der Waals surface area contributed by atoms with Crippen LogP contribution in [0.2, 0.25) is 0 Å². The van der Waals surface area contributed by atoms with Gasteiger partial charge in [0.05, 0.1) is 6.10 Å². The Morgan fingerprint density at radius 1 is 1.88 bits per heavy atom. The lowest BCUT2D eigenvalue weighted by Crippen LogP contribution is -2.12. The zero-order valence-electron chi connectivity index (χ0n) is 4.66. The van der Waals surface area contributed by atoms with Crippen LogP contribution in [-0.2, 0) is 4.79 Å². The van der Waals surface area contributed by atoms with Crippen LogP contribution in [0.4, 0.5) is 0 Å².